The molecule has 2 aliphatic rings. The summed E-state index contributed by atoms with van der Waals surface area (Å²) in [6, 6.07) is 0. The summed E-state index contributed by atoms with van der Waals surface area (Å²) in [6.07, 6.45) is 2.24. The fourth-order valence-corrected chi connectivity index (χ4v) is 6.29. The third kappa shape index (κ3) is 2.98. The molecule has 2 rings (SSSR count). The van der Waals surface area contributed by atoms with E-state index in [1.807, 2.05) is 0 Å². The van der Waals surface area contributed by atoms with E-state index in [2.05, 4.69) is 4.72 Å². The molecule has 1 saturated heterocycles. The second-order valence-corrected chi connectivity index (χ2v) is 9.24. The van der Waals surface area contributed by atoms with Crippen LogP contribution in [0.3, 0.4) is 0 Å². The van der Waals surface area contributed by atoms with E-state index in [9.17, 15) is 21.9 Å². The molecular formula is C9H17NO5S2. The van der Waals surface area contributed by atoms with Crippen LogP contribution in [0.15, 0.2) is 0 Å². The number of nitrogens with one attached hydrogen (secondary N) is 1. The number of sulfonamides is 1. The van der Waals surface area contributed by atoms with Crippen LogP contribution >= 0.6 is 0 Å². The van der Waals surface area contributed by atoms with Crippen LogP contribution in [0.25, 0.3) is 0 Å². The van der Waals surface area contributed by atoms with Crippen molar-refractivity contribution in [3.05, 3.63) is 0 Å². The van der Waals surface area contributed by atoms with Crippen molar-refractivity contribution in [2.45, 2.75) is 36.5 Å². The molecule has 8 heteroatoms. The van der Waals surface area contributed by atoms with Gasteiger partial charge in [-0.2, -0.15) is 0 Å². The third-order valence-corrected chi connectivity index (χ3v) is 7.32. The van der Waals surface area contributed by atoms with Crippen LogP contribution in [0, 0.1) is 0 Å². The van der Waals surface area contributed by atoms with Crippen molar-refractivity contribution in [1.29, 1.82) is 0 Å². The number of aliphatic hydroxyl groups is 1. The monoisotopic (exact) mass is 283 g/mol. The van der Waals surface area contributed by atoms with E-state index in [-0.39, 0.29) is 24.5 Å². The minimum Gasteiger partial charge on any atom is -0.389 e. The zero-order chi connectivity index (χ0) is 12.7. The number of rotatable bonds is 4. The Morgan fingerprint density at radius 1 is 1.35 bits per heavy atom. The Morgan fingerprint density at radius 3 is 2.41 bits per heavy atom. The van der Waals surface area contributed by atoms with Gasteiger partial charge in [-0.1, -0.05) is 0 Å². The quantitative estimate of drug-likeness (QED) is 0.690. The van der Waals surface area contributed by atoms with Crippen LogP contribution < -0.4 is 4.72 Å². The molecule has 0 radical (unpaired) electrons. The van der Waals surface area contributed by atoms with Crippen LogP contribution in [0.5, 0.6) is 0 Å². The van der Waals surface area contributed by atoms with Gasteiger partial charge in [-0.15, -0.1) is 0 Å². The maximum Gasteiger partial charge on any atom is 0.215 e. The predicted molar refractivity (Wildman–Crippen MR) is 62.8 cm³/mol. The van der Waals surface area contributed by atoms with E-state index >= 15 is 0 Å². The van der Waals surface area contributed by atoms with E-state index in [0.717, 1.165) is 6.42 Å². The Balaban J connectivity index is 1.95. The highest BCUT2D eigenvalue weighted by Gasteiger charge is 2.40. The topological polar surface area (TPSA) is 101 Å². The lowest BCUT2D eigenvalue weighted by molar-refractivity contribution is -0.0271. The highest BCUT2D eigenvalue weighted by molar-refractivity contribution is 7.95. The maximum atomic E-state index is 11.8. The minimum absolute atomic E-state index is 0.00805. The summed E-state index contributed by atoms with van der Waals surface area (Å²) >= 11 is 0. The molecular weight excluding hydrogens is 266 g/mol. The Hall–Kier alpha value is -0.180. The zero-order valence-electron chi connectivity index (χ0n) is 9.42. The van der Waals surface area contributed by atoms with Crippen molar-refractivity contribution >= 4 is 19.9 Å². The first kappa shape index (κ1) is 13.3. The van der Waals surface area contributed by atoms with Gasteiger partial charge < -0.3 is 5.11 Å². The van der Waals surface area contributed by atoms with Crippen molar-refractivity contribution in [2.24, 2.45) is 0 Å². The molecule has 100 valence electrons. The molecule has 0 aromatic heterocycles. The Morgan fingerprint density at radius 2 is 2.00 bits per heavy atom. The second-order valence-electron chi connectivity index (χ2n) is 4.97. The minimum atomic E-state index is -3.63. The molecule has 1 saturated carbocycles. The first-order valence-electron chi connectivity index (χ1n) is 5.64. The van der Waals surface area contributed by atoms with Crippen LogP contribution in [0.2, 0.25) is 0 Å². The molecule has 0 bridgehead atoms. The van der Waals surface area contributed by atoms with E-state index in [1.54, 1.807) is 0 Å². The van der Waals surface area contributed by atoms with Gasteiger partial charge in [0.2, 0.25) is 10.0 Å². The molecule has 1 unspecified atom stereocenters. The Labute approximate surface area is 101 Å². The molecule has 1 aliphatic heterocycles. The maximum absolute atomic E-state index is 11.8. The molecule has 17 heavy (non-hydrogen) atoms. The number of hydrogen-bond acceptors (Lipinski definition) is 5. The Kier molecular flexibility index (Phi) is 3.26. The summed E-state index contributed by atoms with van der Waals surface area (Å²) in [7, 11) is -6.84. The summed E-state index contributed by atoms with van der Waals surface area (Å²) in [5.74, 6) is -0.371. The molecule has 2 fully saturated rings. The van der Waals surface area contributed by atoms with Crippen LogP contribution in [0.1, 0.15) is 25.7 Å². The molecule has 0 aromatic carbocycles. The lowest BCUT2D eigenvalue weighted by Crippen LogP contribution is -2.49. The second kappa shape index (κ2) is 4.18. The molecule has 1 aliphatic carbocycles. The van der Waals surface area contributed by atoms with Gasteiger partial charge in [0.25, 0.3) is 0 Å². The number of hydrogen-bond donors (Lipinski definition) is 2. The summed E-state index contributed by atoms with van der Waals surface area (Å²) in [5, 5.41) is 8.91. The molecule has 2 N–H and O–H groups in total. The van der Waals surface area contributed by atoms with Crippen LogP contribution in [0.4, 0.5) is 0 Å². The van der Waals surface area contributed by atoms with Gasteiger partial charge in [-0.05, 0) is 25.7 Å². The average molecular weight is 283 g/mol. The number of sulfone groups is 1. The van der Waals surface area contributed by atoms with Gasteiger partial charge in [0.15, 0.2) is 9.84 Å². The Bertz CT molecular complexity index is 491. The molecule has 1 heterocycles. The normalized spacial score (nSPS) is 31.0. The molecule has 0 aromatic rings. The molecule has 6 nitrogen and oxygen atoms in total. The molecule has 0 amide bonds. The van der Waals surface area contributed by atoms with Crippen molar-refractivity contribution in [2.75, 3.05) is 18.1 Å². The molecule has 0 spiro atoms. The van der Waals surface area contributed by atoms with E-state index in [4.69, 9.17) is 0 Å². The predicted octanol–water partition coefficient (Wildman–Crippen LogP) is -0.992. The van der Waals surface area contributed by atoms with Gasteiger partial charge in [-0.25, -0.2) is 21.6 Å². The molecule has 1 atom stereocenters. The first-order chi connectivity index (χ1) is 7.73. The van der Waals surface area contributed by atoms with Crippen molar-refractivity contribution in [3.63, 3.8) is 0 Å². The highest BCUT2D eigenvalue weighted by Crippen LogP contribution is 2.31. The van der Waals surface area contributed by atoms with Gasteiger partial charge in [-0.3, -0.25) is 0 Å². The van der Waals surface area contributed by atoms with Crippen LogP contribution in [-0.4, -0.2) is 50.8 Å². The standard InChI is InChI=1S/C9H17NO5S2/c11-9(3-1-4-9)7-10-17(14,15)8-2-5-16(12,13)6-8/h8,10-11H,1-7H2. The SMILES string of the molecule is O=S1(=O)CCC(S(=O)(=O)NCC2(O)CCC2)C1. The van der Waals surface area contributed by atoms with E-state index < -0.39 is 30.7 Å². The smallest absolute Gasteiger partial charge is 0.215 e. The fourth-order valence-electron chi connectivity index (χ4n) is 2.12. The summed E-state index contributed by atoms with van der Waals surface area (Å²) in [6.45, 7) is -0.00805. The van der Waals surface area contributed by atoms with Crippen molar-refractivity contribution < 1.29 is 21.9 Å². The zero-order valence-corrected chi connectivity index (χ0v) is 11.1. The lowest BCUT2D eigenvalue weighted by Gasteiger charge is -2.36. The summed E-state index contributed by atoms with van der Waals surface area (Å²) in [4.78, 5) is 0. The largest absolute Gasteiger partial charge is 0.389 e. The van der Waals surface area contributed by atoms with E-state index in [0.29, 0.717) is 12.8 Å². The lowest BCUT2D eigenvalue weighted by atomic mass is 9.81. The van der Waals surface area contributed by atoms with Gasteiger partial charge in [0.1, 0.15) is 0 Å². The van der Waals surface area contributed by atoms with Gasteiger partial charge in [0, 0.05) is 6.54 Å². The van der Waals surface area contributed by atoms with E-state index in [1.165, 1.54) is 0 Å². The fraction of sp³-hybridized carbons (Fsp3) is 1.00. The summed E-state index contributed by atoms with van der Waals surface area (Å²) in [5.41, 5.74) is -0.926. The van der Waals surface area contributed by atoms with Gasteiger partial charge in [0.05, 0.1) is 22.4 Å². The van der Waals surface area contributed by atoms with Crippen molar-refractivity contribution in [1.82, 2.24) is 4.72 Å². The van der Waals surface area contributed by atoms with Gasteiger partial charge >= 0.3 is 0 Å². The third-order valence-electron chi connectivity index (χ3n) is 3.52. The van der Waals surface area contributed by atoms with Crippen LogP contribution in [-0.2, 0) is 19.9 Å². The van der Waals surface area contributed by atoms with Crippen molar-refractivity contribution in [3.8, 4) is 0 Å². The highest BCUT2D eigenvalue weighted by atomic mass is 32.2. The summed E-state index contributed by atoms with van der Waals surface area (Å²) < 4.78 is 48.4. The first-order valence-corrected chi connectivity index (χ1v) is 9.01. The average Bonchev–Trinajstić information content (AvgIpc) is 2.54.